The van der Waals surface area contributed by atoms with E-state index in [4.69, 9.17) is 17.3 Å². The van der Waals surface area contributed by atoms with Gasteiger partial charge in [0.15, 0.2) is 0 Å². The Labute approximate surface area is 94.4 Å². The minimum atomic E-state index is 0.177. The summed E-state index contributed by atoms with van der Waals surface area (Å²) < 4.78 is 0.882. The number of halogens is 2. The molecule has 0 atom stereocenters. The highest BCUT2D eigenvalue weighted by molar-refractivity contribution is 9.10. The van der Waals surface area contributed by atoms with E-state index in [1.54, 1.807) is 0 Å². The molecule has 1 aromatic heterocycles. The number of aryl methyl sites for hydroxylation is 1. The van der Waals surface area contributed by atoms with Crippen LogP contribution in [0, 0.1) is 6.92 Å². The van der Waals surface area contributed by atoms with Gasteiger partial charge in [0, 0.05) is 4.47 Å². The fraction of sp³-hybridized carbons (Fsp3) is 0.111. The Bertz CT molecular complexity index is 513. The molecule has 0 aliphatic heterocycles. The second-order valence-electron chi connectivity index (χ2n) is 2.97. The number of hydrogen-bond donors (Lipinski definition) is 1. The van der Waals surface area contributed by atoms with Gasteiger partial charge in [0.2, 0.25) is 5.28 Å². The van der Waals surface area contributed by atoms with Crippen molar-refractivity contribution in [3.05, 3.63) is 27.5 Å². The molecule has 0 aliphatic carbocycles. The van der Waals surface area contributed by atoms with E-state index in [9.17, 15) is 0 Å². The van der Waals surface area contributed by atoms with Crippen LogP contribution in [0.4, 0.5) is 5.82 Å². The van der Waals surface area contributed by atoms with Crippen molar-refractivity contribution >= 4 is 44.3 Å². The predicted octanol–water partition coefficient (Wildman–Crippen LogP) is 2.94. The lowest BCUT2D eigenvalue weighted by Crippen LogP contribution is -1.96. The van der Waals surface area contributed by atoms with Crippen molar-refractivity contribution in [3.8, 4) is 0 Å². The Hall–Kier alpha value is -0.870. The monoisotopic (exact) mass is 271 g/mol. The molecule has 14 heavy (non-hydrogen) atoms. The Morgan fingerprint density at radius 3 is 2.79 bits per heavy atom. The average molecular weight is 273 g/mol. The first-order valence-electron chi connectivity index (χ1n) is 3.97. The topological polar surface area (TPSA) is 51.8 Å². The van der Waals surface area contributed by atoms with E-state index in [1.165, 1.54) is 0 Å². The molecule has 0 fully saturated rings. The Balaban J connectivity index is 3.00. The molecule has 3 nitrogen and oxygen atoms in total. The van der Waals surface area contributed by atoms with Gasteiger partial charge in [-0.3, -0.25) is 0 Å². The molecule has 5 heteroatoms. The number of anilines is 1. The Morgan fingerprint density at radius 1 is 1.36 bits per heavy atom. The van der Waals surface area contributed by atoms with Crippen molar-refractivity contribution in [2.24, 2.45) is 0 Å². The SMILES string of the molecule is Cc1ccc(Br)c2c(N)nc(Cl)nc12. The van der Waals surface area contributed by atoms with Crippen molar-refractivity contribution in [1.29, 1.82) is 0 Å². The number of fused-ring (bicyclic) bond motifs is 1. The fourth-order valence-corrected chi connectivity index (χ4v) is 2.03. The number of nitrogens with zero attached hydrogens (tertiary/aromatic N) is 2. The smallest absolute Gasteiger partial charge is 0.224 e. The van der Waals surface area contributed by atoms with E-state index in [1.807, 2.05) is 19.1 Å². The molecular weight excluding hydrogens is 265 g/mol. The summed E-state index contributed by atoms with van der Waals surface area (Å²) in [5, 5.41) is 0.991. The molecule has 1 heterocycles. The molecule has 0 saturated heterocycles. The van der Waals surface area contributed by atoms with E-state index in [2.05, 4.69) is 25.9 Å². The average Bonchev–Trinajstić information content (AvgIpc) is 2.10. The summed E-state index contributed by atoms with van der Waals surface area (Å²) in [5.41, 5.74) is 7.58. The van der Waals surface area contributed by atoms with Gasteiger partial charge in [-0.2, -0.15) is 0 Å². The van der Waals surface area contributed by atoms with Gasteiger partial charge in [-0.05, 0) is 46.1 Å². The maximum Gasteiger partial charge on any atom is 0.224 e. The quantitative estimate of drug-likeness (QED) is 0.750. The van der Waals surface area contributed by atoms with Crippen LogP contribution in [-0.4, -0.2) is 9.97 Å². The lowest BCUT2D eigenvalue weighted by atomic mass is 10.1. The molecule has 0 amide bonds. The summed E-state index contributed by atoms with van der Waals surface area (Å²) in [5.74, 6) is 0.399. The van der Waals surface area contributed by atoms with Crippen LogP contribution in [0.25, 0.3) is 10.9 Å². The summed E-state index contributed by atoms with van der Waals surface area (Å²) in [6.45, 7) is 1.96. The minimum Gasteiger partial charge on any atom is -0.383 e. The maximum atomic E-state index is 5.76. The molecule has 2 N–H and O–H groups in total. The normalized spacial score (nSPS) is 10.8. The first-order chi connectivity index (χ1) is 6.59. The lowest BCUT2D eigenvalue weighted by Gasteiger charge is -2.05. The predicted molar refractivity (Wildman–Crippen MR) is 61.4 cm³/mol. The number of nitrogen functional groups attached to an aromatic ring is 1. The van der Waals surface area contributed by atoms with E-state index in [-0.39, 0.29) is 5.28 Å². The number of rotatable bonds is 0. The van der Waals surface area contributed by atoms with E-state index < -0.39 is 0 Å². The highest BCUT2D eigenvalue weighted by Crippen LogP contribution is 2.29. The van der Waals surface area contributed by atoms with Gasteiger partial charge in [0.1, 0.15) is 5.82 Å². The number of nitrogens with two attached hydrogens (primary N) is 1. The lowest BCUT2D eigenvalue weighted by molar-refractivity contribution is 1.22. The van der Waals surface area contributed by atoms with Crippen LogP contribution in [0.15, 0.2) is 16.6 Å². The van der Waals surface area contributed by atoms with Crippen LogP contribution in [0.5, 0.6) is 0 Å². The molecule has 72 valence electrons. The molecule has 0 radical (unpaired) electrons. The highest BCUT2D eigenvalue weighted by atomic mass is 79.9. The van der Waals surface area contributed by atoms with Crippen molar-refractivity contribution < 1.29 is 0 Å². The van der Waals surface area contributed by atoms with Crippen LogP contribution in [0.2, 0.25) is 5.28 Å². The van der Waals surface area contributed by atoms with Crippen LogP contribution in [-0.2, 0) is 0 Å². The summed E-state index contributed by atoms with van der Waals surface area (Å²) in [7, 11) is 0. The summed E-state index contributed by atoms with van der Waals surface area (Å²) >= 11 is 9.13. The first kappa shape index (κ1) is 9.68. The molecule has 1 aromatic carbocycles. The van der Waals surface area contributed by atoms with Crippen LogP contribution in [0.1, 0.15) is 5.56 Å². The summed E-state index contributed by atoms with van der Waals surface area (Å²) in [6, 6.07) is 3.88. The van der Waals surface area contributed by atoms with E-state index in [0.717, 1.165) is 20.9 Å². The zero-order valence-electron chi connectivity index (χ0n) is 7.38. The van der Waals surface area contributed by atoms with Crippen LogP contribution >= 0.6 is 27.5 Å². The summed E-state index contributed by atoms with van der Waals surface area (Å²) in [6.07, 6.45) is 0. The van der Waals surface area contributed by atoms with Crippen molar-refractivity contribution in [1.82, 2.24) is 9.97 Å². The zero-order valence-corrected chi connectivity index (χ0v) is 9.72. The van der Waals surface area contributed by atoms with Crippen molar-refractivity contribution in [2.75, 3.05) is 5.73 Å². The molecule has 0 unspecified atom stereocenters. The number of benzene rings is 1. The minimum absolute atomic E-state index is 0.177. The third-order valence-electron chi connectivity index (χ3n) is 2.00. The van der Waals surface area contributed by atoms with E-state index in [0.29, 0.717) is 5.82 Å². The zero-order chi connectivity index (χ0) is 10.3. The third-order valence-corrected chi connectivity index (χ3v) is 2.83. The van der Waals surface area contributed by atoms with Gasteiger partial charge in [-0.25, -0.2) is 9.97 Å². The van der Waals surface area contributed by atoms with Crippen LogP contribution < -0.4 is 5.73 Å². The molecule has 0 spiro atoms. The van der Waals surface area contributed by atoms with Gasteiger partial charge in [0.25, 0.3) is 0 Å². The molecule has 2 aromatic rings. The molecular formula is C9H7BrClN3. The standard InChI is InChI=1S/C9H7BrClN3/c1-4-2-3-5(10)6-7(4)13-9(11)14-8(6)12/h2-3H,1H3,(H2,12,13,14). The maximum absolute atomic E-state index is 5.76. The Kier molecular flexibility index (Phi) is 2.33. The number of aromatic nitrogens is 2. The fourth-order valence-electron chi connectivity index (χ4n) is 1.33. The molecule has 0 saturated carbocycles. The van der Waals surface area contributed by atoms with Gasteiger partial charge in [-0.1, -0.05) is 6.07 Å². The molecule has 2 rings (SSSR count). The largest absolute Gasteiger partial charge is 0.383 e. The Morgan fingerprint density at radius 2 is 2.07 bits per heavy atom. The first-order valence-corrected chi connectivity index (χ1v) is 5.14. The van der Waals surface area contributed by atoms with Gasteiger partial charge < -0.3 is 5.73 Å². The summed E-state index contributed by atoms with van der Waals surface area (Å²) in [4.78, 5) is 8.05. The van der Waals surface area contributed by atoms with Gasteiger partial charge in [-0.15, -0.1) is 0 Å². The third kappa shape index (κ3) is 1.44. The second-order valence-corrected chi connectivity index (χ2v) is 4.16. The second kappa shape index (κ2) is 3.37. The van der Waals surface area contributed by atoms with Gasteiger partial charge >= 0.3 is 0 Å². The molecule has 0 bridgehead atoms. The number of hydrogen-bond acceptors (Lipinski definition) is 3. The van der Waals surface area contributed by atoms with Crippen LogP contribution in [0.3, 0.4) is 0 Å². The van der Waals surface area contributed by atoms with Gasteiger partial charge in [0.05, 0.1) is 10.9 Å². The molecule has 0 aliphatic rings. The van der Waals surface area contributed by atoms with E-state index >= 15 is 0 Å². The van der Waals surface area contributed by atoms with Crippen molar-refractivity contribution in [2.45, 2.75) is 6.92 Å². The van der Waals surface area contributed by atoms with Crippen molar-refractivity contribution in [3.63, 3.8) is 0 Å². The highest BCUT2D eigenvalue weighted by Gasteiger charge is 2.08.